The van der Waals surface area contributed by atoms with Crippen molar-refractivity contribution in [3.63, 3.8) is 0 Å². The minimum absolute atomic E-state index is 0.210. The molecule has 3 unspecified atom stereocenters. The van der Waals surface area contributed by atoms with Crippen LogP contribution in [0.3, 0.4) is 0 Å². The van der Waals surface area contributed by atoms with Crippen LogP contribution in [0.15, 0.2) is 30.3 Å². The number of hydrogen-bond donors (Lipinski definition) is 0. The zero-order valence-corrected chi connectivity index (χ0v) is 20.6. The Morgan fingerprint density at radius 1 is 0.971 bits per heavy atom. The van der Waals surface area contributed by atoms with E-state index < -0.39 is 70.2 Å². The SMILES string of the molecule is COC[C@H](F)C(OC(O[PH](=O)Oc1ccccc1)[C@@H](COC(C)=O)OC(C)=O)[C@H](C)OC(C)=O. The molecule has 0 aliphatic rings. The number of carbonyl (C=O) groups is 3. The average molecular weight is 508 g/mol. The molecule has 0 bridgehead atoms. The first-order valence-electron chi connectivity index (χ1n) is 10.2. The van der Waals surface area contributed by atoms with Crippen LogP contribution < -0.4 is 4.52 Å². The highest BCUT2D eigenvalue weighted by Crippen LogP contribution is 2.32. The summed E-state index contributed by atoms with van der Waals surface area (Å²) in [5.74, 6) is -2.02. The fourth-order valence-electron chi connectivity index (χ4n) is 2.70. The number of methoxy groups -OCH3 is 1. The second-order valence-corrected chi connectivity index (χ2v) is 7.93. The van der Waals surface area contributed by atoms with Gasteiger partial charge in [0.15, 0.2) is 12.3 Å². The van der Waals surface area contributed by atoms with Gasteiger partial charge in [0, 0.05) is 27.9 Å². The second-order valence-electron chi connectivity index (χ2n) is 6.99. The van der Waals surface area contributed by atoms with Gasteiger partial charge in [-0.05, 0) is 19.1 Å². The summed E-state index contributed by atoms with van der Waals surface area (Å²) in [6.45, 7) is 3.67. The zero-order chi connectivity index (χ0) is 25.7. The fourth-order valence-corrected chi connectivity index (χ4v) is 3.48. The quantitative estimate of drug-likeness (QED) is 0.150. The molecule has 0 heterocycles. The molecule has 1 aromatic carbocycles. The molecule has 34 heavy (non-hydrogen) atoms. The number of carbonyl (C=O) groups excluding carboxylic acids is 3. The summed E-state index contributed by atoms with van der Waals surface area (Å²) >= 11 is 0. The van der Waals surface area contributed by atoms with Gasteiger partial charge in [0.2, 0.25) is 6.29 Å². The molecule has 6 atom stereocenters. The molecule has 0 spiro atoms. The molecule has 0 saturated carbocycles. The van der Waals surface area contributed by atoms with Gasteiger partial charge in [-0.3, -0.25) is 18.9 Å². The van der Waals surface area contributed by atoms with Crippen LogP contribution in [0.5, 0.6) is 5.75 Å². The number of alkyl halides is 1. The van der Waals surface area contributed by atoms with E-state index in [1.54, 1.807) is 18.2 Å². The number of esters is 3. The van der Waals surface area contributed by atoms with Gasteiger partial charge in [-0.2, -0.15) is 0 Å². The predicted octanol–water partition coefficient (Wildman–Crippen LogP) is 2.61. The van der Waals surface area contributed by atoms with Crippen LogP contribution in [-0.2, 0) is 47.2 Å². The van der Waals surface area contributed by atoms with E-state index >= 15 is 0 Å². The third kappa shape index (κ3) is 11.6. The number of rotatable bonds is 15. The lowest BCUT2D eigenvalue weighted by Gasteiger charge is -2.33. The lowest BCUT2D eigenvalue weighted by atomic mass is 10.1. The molecule has 0 aliphatic heterocycles. The largest absolute Gasteiger partial charge is 0.462 e. The van der Waals surface area contributed by atoms with Crippen LogP contribution in [0.2, 0.25) is 0 Å². The van der Waals surface area contributed by atoms with Crippen molar-refractivity contribution >= 4 is 26.2 Å². The Bertz CT molecular complexity index is 807. The summed E-state index contributed by atoms with van der Waals surface area (Å²) in [5, 5.41) is 0. The van der Waals surface area contributed by atoms with Crippen molar-refractivity contribution in [3.05, 3.63) is 30.3 Å². The van der Waals surface area contributed by atoms with Crippen LogP contribution >= 0.6 is 8.25 Å². The van der Waals surface area contributed by atoms with E-state index in [0.29, 0.717) is 0 Å². The first-order chi connectivity index (χ1) is 16.0. The fraction of sp³-hybridized carbons (Fsp3) is 0.571. The molecule has 0 N–H and O–H groups in total. The molecule has 0 radical (unpaired) electrons. The molecule has 0 fully saturated rings. The number of benzene rings is 1. The molecule has 1 rings (SSSR count). The Morgan fingerprint density at radius 3 is 2.12 bits per heavy atom. The number of para-hydroxylation sites is 1. The van der Waals surface area contributed by atoms with Crippen LogP contribution in [0.4, 0.5) is 4.39 Å². The third-order valence-corrected chi connectivity index (χ3v) is 4.84. The molecule has 192 valence electrons. The van der Waals surface area contributed by atoms with Crippen molar-refractivity contribution in [1.82, 2.24) is 0 Å². The lowest BCUT2D eigenvalue weighted by molar-refractivity contribution is -0.229. The second kappa shape index (κ2) is 15.4. The lowest BCUT2D eigenvalue weighted by Crippen LogP contribution is -2.47. The Hall–Kier alpha value is -2.53. The van der Waals surface area contributed by atoms with Gasteiger partial charge in [-0.25, -0.2) is 8.96 Å². The first-order valence-corrected chi connectivity index (χ1v) is 11.5. The Kier molecular flexibility index (Phi) is 13.4. The Balaban J connectivity index is 3.22. The monoisotopic (exact) mass is 508 g/mol. The van der Waals surface area contributed by atoms with E-state index in [4.69, 9.17) is 32.7 Å². The number of ether oxygens (including phenoxy) is 5. The summed E-state index contributed by atoms with van der Waals surface area (Å²) in [6.07, 6.45) is -7.70. The van der Waals surface area contributed by atoms with Crippen molar-refractivity contribution in [3.8, 4) is 5.75 Å². The highest BCUT2D eigenvalue weighted by atomic mass is 31.1. The summed E-state index contributed by atoms with van der Waals surface area (Å²) in [7, 11) is -2.10. The molecule has 13 heteroatoms. The number of hydrogen-bond acceptors (Lipinski definition) is 11. The Morgan fingerprint density at radius 2 is 1.59 bits per heavy atom. The van der Waals surface area contributed by atoms with Gasteiger partial charge in [-0.15, -0.1) is 0 Å². The highest BCUT2D eigenvalue weighted by molar-refractivity contribution is 7.33. The maximum Gasteiger partial charge on any atom is 0.370 e. The van der Waals surface area contributed by atoms with Gasteiger partial charge in [0.1, 0.15) is 24.6 Å². The molecule has 1 aromatic rings. The van der Waals surface area contributed by atoms with Crippen LogP contribution in [0.25, 0.3) is 0 Å². The van der Waals surface area contributed by atoms with E-state index in [1.807, 2.05) is 0 Å². The molecular weight excluding hydrogens is 478 g/mol. The minimum Gasteiger partial charge on any atom is -0.462 e. The zero-order valence-electron chi connectivity index (χ0n) is 19.6. The molecule has 11 nitrogen and oxygen atoms in total. The Labute approximate surface area is 197 Å². The third-order valence-electron chi connectivity index (χ3n) is 4.02. The van der Waals surface area contributed by atoms with Gasteiger partial charge < -0.3 is 28.2 Å². The van der Waals surface area contributed by atoms with Crippen LogP contribution in [0, 0.1) is 0 Å². The van der Waals surface area contributed by atoms with Crippen molar-refractivity contribution in [2.45, 2.75) is 58.5 Å². The van der Waals surface area contributed by atoms with E-state index in [9.17, 15) is 23.3 Å². The summed E-state index contributed by atoms with van der Waals surface area (Å²) in [6, 6.07) is 8.02. The standard InChI is InChI=1S/C21H30FO11P/c1-13(29-15(3)24)20(18(22)11-27-5)31-21(19(30-16(4)25)12-28-14(2)23)33-34(26)32-17-9-7-6-8-10-17/h6-10,13,18-21,34H,11-12H2,1-5H3/t13-,18-,19+,20?,21?/m0/s1. The maximum absolute atomic E-state index is 14.9. The topological polar surface area (TPSA) is 133 Å². The highest BCUT2D eigenvalue weighted by Gasteiger charge is 2.38. The molecule has 0 aromatic heterocycles. The summed E-state index contributed by atoms with van der Waals surface area (Å²) < 4.78 is 63.5. The van der Waals surface area contributed by atoms with Crippen molar-refractivity contribution in [2.75, 3.05) is 20.3 Å². The van der Waals surface area contributed by atoms with Crippen LogP contribution in [0.1, 0.15) is 27.7 Å². The average Bonchev–Trinajstić information content (AvgIpc) is 2.73. The van der Waals surface area contributed by atoms with Crippen molar-refractivity contribution in [1.29, 1.82) is 0 Å². The van der Waals surface area contributed by atoms with Gasteiger partial charge in [-0.1, -0.05) is 18.2 Å². The predicted molar refractivity (Wildman–Crippen MR) is 116 cm³/mol. The van der Waals surface area contributed by atoms with E-state index in [0.717, 1.165) is 20.8 Å². The van der Waals surface area contributed by atoms with Crippen molar-refractivity contribution in [2.24, 2.45) is 0 Å². The van der Waals surface area contributed by atoms with Crippen molar-refractivity contribution < 1.29 is 56.1 Å². The molecule has 0 amide bonds. The van der Waals surface area contributed by atoms with E-state index in [1.165, 1.54) is 26.2 Å². The minimum atomic E-state index is -3.36. The number of halogens is 1. The molecule has 0 saturated heterocycles. The van der Waals surface area contributed by atoms with Gasteiger partial charge in [0.05, 0.1) is 6.61 Å². The smallest absolute Gasteiger partial charge is 0.370 e. The molecular formula is C21H30FO11P. The van der Waals surface area contributed by atoms with E-state index in [-0.39, 0.29) is 5.75 Å². The summed E-state index contributed by atoms with van der Waals surface area (Å²) in [4.78, 5) is 34.4. The van der Waals surface area contributed by atoms with Gasteiger partial charge in [0.25, 0.3) is 0 Å². The summed E-state index contributed by atoms with van der Waals surface area (Å²) in [5.41, 5.74) is 0. The maximum atomic E-state index is 14.9. The van der Waals surface area contributed by atoms with Crippen LogP contribution in [-0.4, -0.2) is 69.0 Å². The first kappa shape index (κ1) is 29.5. The van der Waals surface area contributed by atoms with E-state index in [2.05, 4.69) is 0 Å². The van der Waals surface area contributed by atoms with Gasteiger partial charge >= 0.3 is 26.2 Å². The molecule has 0 aliphatic carbocycles. The normalized spacial score (nSPS) is 16.3.